The highest BCUT2D eigenvalue weighted by Gasteiger charge is 2.47. The van der Waals surface area contributed by atoms with Crippen LogP contribution in [0.1, 0.15) is 174 Å². The molecule has 7 N–H and O–H groups in total. The van der Waals surface area contributed by atoms with E-state index in [0.717, 1.165) is 44.9 Å². The van der Waals surface area contributed by atoms with Gasteiger partial charge < -0.3 is 64.2 Å². The van der Waals surface area contributed by atoms with Crippen molar-refractivity contribution < 1.29 is 69.0 Å². The lowest BCUT2D eigenvalue weighted by Crippen LogP contribution is -2.61. The summed E-state index contributed by atoms with van der Waals surface area (Å²) >= 11 is 0. The number of carbonyl (C=O) groups is 1. The second kappa shape index (κ2) is 35.1. The quantitative estimate of drug-likeness (QED) is 0.0220. The van der Waals surface area contributed by atoms with Crippen molar-refractivity contribution in [2.24, 2.45) is 0 Å². The van der Waals surface area contributed by atoms with Gasteiger partial charge in [0.25, 0.3) is 0 Å². The van der Waals surface area contributed by atoms with Crippen molar-refractivity contribution in [1.29, 1.82) is 0 Å². The van der Waals surface area contributed by atoms with Crippen LogP contribution in [0, 0.1) is 0 Å². The predicted octanol–water partition coefficient (Wildman–Crippen LogP) is 5.90. The monoisotopic (exact) mass is 863 g/mol. The summed E-state index contributed by atoms with van der Waals surface area (Å²) < 4.78 is 34.2. The number of hydrogen-bond acceptors (Lipinski definition) is 14. The van der Waals surface area contributed by atoms with Crippen molar-refractivity contribution in [2.45, 2.75) is 242 Å². The fraction of sp³-hybridized carbons (Fsp3) is 0.935. The Kier molecular flexibility index (Phi) is 32.1. The third-order valence-corrected chi connectivity index (χ3v) is 11.5. The van der Waals surface area contributed by atoms with Crippen LogP contribution in [0.4, 0.5) is 0 Å². The first-order chi connectivity index (χ1) is 29.1. The van der Waals surface area contributed by atoms with E-state index < -0.39 is 80.7 Å². The Morgan fingerprint density at radius 3 is 1.57 bits per heavy atom. The molecule has 354 valence electrons. The van der Waals surface area contributed by atoms with Crippen molar-refractivity contribution in [2.75, 3.05) is 33.0 Å². The van der Waals surface area contributed by atoms with Gasteiger partial charge in [-0.2, -0.15) is 0 Å². The Bertz CT molecular complexity index is 1050. The molecular weight excluding hydrogens is 776 g/mol. The van der Waals surface area contributed by atoms with Crippen LogP contribution >= 0.6 is 0 Å². The van der Waals surface area contributed by atoms with Gasteiger partial charge >= 0.3 is 5.97 Å². The Balaban J connectivity index is 1.80. The molecule has 2 heterocycles. The summed E-state index contributed by atoms with van der Waals surface area (Å²) in [4.78, 5) is 12.9. The van der Waals surface area contributed by atoms with Gasteiger partial charge in [0.1, 0.15) is 54.9 Å². The molecule has 14 heteroatoms. The van der Waals surface area contributed by atoms with Crippen molar-refractivity contribution in [3.8, 4) is 0 Å². The Hall–Kier alpha value is -1.27. The Labute approximate surface area is 361 Å². The molecule has 2 fully saturated rings. The van der Waals surface area contributed by atoms with Crippen LogP contribution in [0.15, 0.2) is 12.2 Å². The highest BCUT2D eigenvalue weighted by Crippen LogP contribution is 2.26. The molecule has 11 atom stereocenters. The summed E-state index contributed by atoms with van der Waals surface area (Å²) in [5.41, 5.74) is 0. The predicted molar refractivity (Wildman–Crippen MR) is 229 cm³/mol. The van der Waals surface area contributed by atoms with Gasteiger partial charge in [-0.15, -0.1) is 0 Å². The van der Waals surface area contributed by atoms with Crippen molar-refractivity contribution in [1.82, 2.24) is 0 Å². The maximum Gasteiger partial charge on any atom is 0.306 e. The summed E-state index contributed by atoms with van der Waals surface area (Å²) in [5, 5.41) is 71.9. The molecule has 2 rings (SSSR count). The average Bonchev–Trinajstić information content (AvgIpc) is 3.24. The first-order valence-corrected chi connectivity index (χ1v) is 23.8. The van der Waals surface area contributed by atoms with E-state index in [2.05, 4.69) is 26.0 Å². The molecule has 0 radical (unpaired) electrons. The minimum Gasteiger partial charge on any atom is -0.457 e. The summed E-state index contributed by atoms with van der Waals surface area (Å²) in [6.45, 7) is 3.64. The SMILES string of the molecule is CCCC/C=C\CCCCCCCCOCC(COC1OC(COC2OC(CO)C(O)C(O)C2O)C(O)C(O)C1O)OC(=O)CCCCCCCCCCCCCCCC. The second-order valence-electron chi connectivity index (χ2n) is 16.9. The van der Waals surface area contributed by atoms with E-state index in [1.165, 1.54) is 103 Å². The van der Waals surface area contributed by atoms with E-state index in [4.69, 9.17) is 28.4 Å². The number of allylic oxidation sites excluding steroid dienone is 2. The maximum atomic E-state index is 12.9. The molecule has 0 aromatic rings. The lowest BCUT2D eigenvalue weighted by atomic mass is 9.98. The molecule has 0 aromatic heterocycles. The minimum absolute atomic E-state index is 0.0620. The van der Waals surface area contributed by atoms with Crippen LogP contribution in [-0.2, 0) is 33.2 Å². The van der Waals surface area contributed by atoms with E-state index in [1.807, 2.05) is 0 Å². The zero-order valence-corrected chi connectivity index (χ0v) is 37.2. The fourth-order valence-corrected chi connectivity index (χ4v) is 7.56. The molecule has 60 heavy (non-hydrogen) atoms. The normalized spacial score (nSPS) is 27.8. The van der Waals surface area contributed by atoms with Crippen LogP contribution < -0.4 is 0 Å². The molecule has 2 saturated heterocycles. The van der Waals surface area contributed by atoms with Crippen LogP contribution in [0.25, 0.3) is 0 Å². The zero-order chi connectivity index (χ0) is 43.8. The highest BCUT2D eigenvalue weighted by atomic mass is 16.7. The maximum absolute atomic E-state index is 12.9. The number of aliphatic hydroxyl groups excluding tert-OH is 7. The molecule has 2 aliphatic heterocycles. The van der Waals surface area contributed by atoms with Crippen molar-refractivity contribution >= 4 is 5.97 Å². The fourth-order valence-electron chi connectivity index (χ4n) is 7.56. The number of aliphatic hydroxyl groups is 7. The van der Waals surface area contributed by atoms with Gasteiger partial charge in [0.2, 0.25) is 0 Å². The van der Waals surface area contributed by atoms with E-state index in [-0.39, 0.29) is 25.6 Å². The minimum atomic E-state index is -1.70. The first kappa shape index (κ1) is 54.9. The van der Waals surface area contributed by atoms with E-state index in [0.29, 0.717) is 13.0 Å². The molecule has 0 saturated carbocycles. The lowest BCUT2D eigenvalue weighted by Gasteiger charge is -2.42. The van der Waals surface area contributed by atoms with Crippen LogP contribution in [0.5, 0.6) is 0 Å². The Morgan fingerprint density at radius 2 is 1.00 bits per heavy atom. The smallest absolute Gasteiger partial charge is 0.306 e. The standard InChI is InChI=1S/C46H86O14/c1-3-5-7-9-11-13-15-17-18-19-21-23-25-27-29-38(48)58-35(32-55-30-28-26-24-22-20-16-14-12-10-8-6-4-2)33-56-45-44(54)42(52)40(50)37(60-45)34-57-46-43(53)41(51)39(49)36(31-47)59-46/h10,12,35-37,39-47,49-54H,3-9,11,13-34H2,1-2H3/b12-10-. The summed E-state index contributed by atoms with van der Waals surface area (Å²) in [5.74, 6) is -0.377. The van der Waals surface area contributed by atoms with Crippen LogP contribution in [-0.4, -0.2) is 142 Å². The van der Waals surface area contributed by atoms with E-state index in [1.54, 1.807) is 0 Å². The molecule has 0 spiro atoms. The topological polar surface area (TPSA) is 214 Å². The number of unbranched alkanes of at least 4 members (excludes halogenated alkanes) is 21. The van der Waals surface area contributed by atoms with E-state index in [9.17, 15) is 40.5 Å². The average molecular weight is 863 g/mol. The van der Waals surface area contributed by atoms with Crippen molar-refractivity contribution in [3.05, 3.63) is 12.2 Å². The van der Waals surface area contributed by atoms with Crippen LogP contribution in [0.2, 0.25) is 0 Å². The molecule has 14 nitrogen and oxygen atoms in total. The molecule has 0 aromatic carbocycles. The number of ether oxygens (including phenoxy) is 6. The van der Waals surface area contributed by atoms with Gasteiger partial charge in [0.15, 0.2) is 12.6 Å². The second-order valence-corrected chi connectivity index (χ2v) is 16.9. The molecule has 0 aliphatic carbocycles. The van der Waals surface area contributed by atoms with Gasteiger partial charge in [-0.3, -0.25) is 4.79 Å². The number of esters is 1. The Morgan fingerprint density at radius 1 is 0.533 bits per heavy atom. The summed E-state index contributed by atoms with van der Waals surface area (Å²) in [6.07, 6.45) is 17.0. The summed E-state index contributed by atoms with van der Waals surface area (Å²) in [6, 6.07) is 0. The summed E-state index contributed by atoms with van der Waals surface area (Å²) in [7, 11) is 0. The largest absolute Gasteiger partial charge is 0.457 e. The van der Waals surface area contributed by atoms with Gasteiger partial charge in [-0.1, -0.05) is 148 Å². The molecule has 0 bridgehead atoms. The van der Waals surface area contributed by atoms with Gasteiger partial charge in [-0.25, -0.2) is 0 Å². The third-order valence-electron chi connectivity index (χ3n) is 11.5. The lowest BCUT2D eigenvalue weighted by molar-refractivity contribution is -0.332. The van der Waals surface area contributed by atoms with Crippen LogP contribution in [0.3, 0.4) is 0 Å². The van der Waals surface area contributed by atoms with Gasteiger partial charge in [0.05, 0.1) is 26.4 Å². The third kappa shape index (κ3) is 23.4. The zero-order valence-electron chi connectivity index (χ0n) is 37.2. The molecule has 0 amide bonds. The number of carbonyl (C=O) groups excluding carboxylic acids is 1. The number of hydrogen-bond donors (Lipinski definition) is 7. The number of rotatable bonds is 37. The highest BCUT2D eigenvalue weighted by molar-refractivity contribution is 5.69. The first-order valence-electron chi connectivity index (χ1n) is 23.8. The van der Waals surface area contributed by atoms with Gasteiger partial charge in [0, 0.05) is 13.0 Å². The molecular formula is C46H86O14. The van der Waals surface area contributed by atoms with Gasteiger partial charge in [-0.05, 0) is 32.1 Å². The molecule has 11 unspecified atom stereocenters. The molecule has 2 aliphatic rings. The van der Waals surface area contributed by atoms with E-state index >= 15 is 0 Å². The van der Waals surface area contributed by atoms with Crippen molar-refractivity contribution in [3.63, 3.8) is 0 Å².